The number of hydrogen-bond donors (Lipinski definition) is 1. The molecule has 3 aliphatic heterocycles. The van der Waals surface area contributed by atoms with Gasteiger partial charge in [-0.2, -0.15) is 5.26 Å². The fourth-order valence-electron chi connectivity index (χ4n) is 3.93. The second kappa shape index (κ2) is 7.14. The summed E-state index contributed by atoms with van der Waals surface area (Å²) in [6, 6.07) is 11.6. The molecule has 4 heterocycles. The van der Waals surface area contributed by atoms with Crippen molar-refractivity contribution in [3.05, 3.63) is 41.7 Å². The van der Waals surface area contributed by atoms with Crippen LogP contribution in [0.3, 0.4) is 0 Å². The van der Waals surface area contributed by atoms with Crippen molar-refractivity contribution in [2.75, 3.05) is 13.1 Å². The number of nitrogens with one attached hydrogen (secondary N) is 1. The molecule has 1 aromatic heterocycles. The van der Waals surface area contributed by atoms with Crippen LogP contribution < -0.4 is 5.32 Å². The summed E-state index contributed by atoms with van der Waals surface area (Å²) in [5, 5.41) is 16.5. The fourth-order valence-corrected chi connectivity index (χ4v) is 4.69. The number of aromatic nitrogens is 1. The Balaban J connectivity index is 1.40. The molecule has 1 aromatic carbocycles. The minimum atomic E-state index is -0.0136. The molecule has 134 valence electrons. The lowest BCUT2D eigenvalue weighted by Crippen LogP contribution is -2.62. The highest BCUT2D eigenvalue weighted by Crippen LogP contribution is 2.32. The zero-order valence-corrected chi connectivity index (χ0v) is 15.3. The van der Waals surface area contributed by atoms with Gasteiger partial charge in [-0.1, -0.05) is 16.9 Å². The van der Waals surface area contributed by atoms with Crippen LogP contribution in [-0.2, 0) is 0 Å². The van der Waals surface area contributed by atoms with Crippen molar-refractivity contribution in [2.45, 2.75) is 41.8 Å². The maximum absolute atomic E-state index is 12.6. The molecule has 3 saturated heterocycles. The molecule has 0 spiro atoms. The Kier molecular flexibility index (Phi) is 4.70. The normalized spacial score (nSPS) is 27.1. The molecule has 26 heavy (non-hydrogen) atoms. The van der Waals surface area contributed by atoms with Crippen LogP contribution >= 0.6 is 11.8 Å². The van der Waals surface area contributed by atoms with Gasteiger partial charge in [-0.25, -0.2) is 0 Å². The van der Waals surface area contributed by atoms with Crippen LogP contribution in [0.15, 0.2) is 44.8 Å². The Labute approximate surface area is 156 Å². The number of benzene rings is 1. The van der Waals surface area contributed by atoms with E-state index in [0.717, 1.165) is 18.0 Å². The number of nitriles is 1. The van der Waals surface area contributed by atoms with Gasteiger partial charge in [-0.3, -0.25) is 9.69 Å². The molecule has 0 radical (unpaired) electrons. The third-order valence-electron chi connectivity index (χ3n) is 5.41. The zero-order valence-electron chi connectivity index (χ0n) is 14.5. The van der Waals surface area contributed by atoms with Crippen molar-refractivity contribution in [1.29, 1.82) is 5.26 Å². The molecule has 1 amide bonds. The van der Waals surface area contributed by atoms with E-state index in [1.165, 1.54) is 24.6 Å². The van der Waals surface area contributed by atoms with Crippen LogP contribution in [0, 0.1) is 17.2 Å². The molecule has 0 saturated carbocycles. The maximum Gasteiger partial charge on any atom is 0.251 e. The summed E-state index contributed by atoms with van der Waals surface area (Å²) in [4.78, 5) is 16.1. The minimum Gasteiger partial charge on any atom is -0.347 e. The van der Waals surface area contributed by atoms with Gasteiger partial charge in [0.1, 0.15) is 11.1 Å². The van der Waals surface area contributed by atoms with Gasteiger partial charge < -0.3 is 9.84 Å². The van der Waals surface area contributed by atoms with E-state index in [1.807, 2.05) is 30.3 Å². The molecule has 6 nitrogen and oxygen atoms in total. The average molecular weight is 368 g/mol. The van der Waals surface area contributed by atoms with Gasteiger partial charge >= 0.3 is 0 Å². The van der Waals surface area contributed by atoms with Gasteiger partial charge in [0.15, 0.2) is 0 Å². The van der Waals surface area contributed by atoms with E-state index in [0.29, 0.717) is 22.5 Å². The largest absolute Gasteiger partial charge is 0.347 e. The summed E-state index contributed by atoms with van der Waals surface area (Å²) in [5.41, 5.74) is 0.663. The lowest BCUT2D eigenvalue weighted by atomic mass is 9.79. The Morgan fingerprint density at radius 2 is 2.08 bits per heavy atom. The van der Waals surface area contributed by atoms with E-state index in [2.05, 4.69) is 22.3 Å². The summed E-state index contributed by atoms with van der Waals surface area (Å²) in [6.07, 6.45) is 2.35. The van der Waals surface area contributed by atoms with E-state index in [-0.39, 0.29) is 17.7 Å². The van der Waals surface area contributed by atoms with Gasteiger partial charge in [0.25, 0.3) is 5.91 Å². The number of nitrogens with zero attached hydrogens (tertiary/aromatic N) is 3. The molecule has 2 bridgehead atoms. The molecule has 2 atom stereocenters. The van der Waals surface area contributed by atoms with Crippen molar-refractivity contribution < 1.29 is 9.32 Å². The summed E-state index contributed by atoms with van der Waals surface area (Å²) in [5.74, 6) is 0.769. The number of amides is 1. The highest BCUT2D eigenvalue weighted by Gasteiger charge is 2.40. The topological polar surface area (TPSA) is 82.2 Å². The first-order valence-corrected chi connectivity index (χ1v) is 9.65. The van der Waals surface area contributed by atoms with E-state index >= 15 is 0 Å². The van der Waals surface area contributed by atoms with Gasteiger partial charge in [0, 0.05) is 28.6 Å². The third-order valence-corrected chi connectivity index (χ3v) is 6.32. The van der Waals surface area contributed by atoms with Crippen molar-refractivity contribution in [2.24, 2.45) is 5.92 Å². The highest BCUT2D eigenvalue weighted by atomic mass is 32.2. The molecule has 3 aliphatic rings. The van der Waals surface area contributed by atoms with E-state index in [9.17, 15) is 4.79 Å². The number of carbonyl (C=O) groups is 1. The second-order valence-electron chi connectivity index (χ2n) is 6.88. The predicted octanol–water partition coefficient (Wildman–Crippen LogP) is 2.91. The van der Waals surface area contributed by atoms with Crippen LogP contribution in [0.4, 0.5) is 0 Å². The Hall–Kier alpha value is -2.30. The molecule has 2 aromatic rings. The predicted molar refractivity (Wildman–Crippen MR) is 96.8 cm³/mol. The second-order valence-corrected chi connectivity index (χ2v) is 7.97. The fraction of sp³-hybridized carbons (Fsp3) is 0.421. The Morgan fingerprint density at radius 1 is 1.35 bits per heavy atom. The van der Waals surface area contributed by atoms with Crippen LogP contribution in [-0.4, -0.2) is 41.1 Å². The number of hydrogen-bond acceptors (Lipinski definition) is 6. The minimum absolute atomic E-state index is 0.0136. The number of carbonyl (C=O) groups excluding carboxylic acids is 1. The smallest absolute Gasteiger partial charge is 0.251 e. The van der Waals surface area contributed by atoms with Crippen molar-refractivity contribution in [3.63, 3.8) is 0 Å². The summed E-state index contributed by atoms with van der Waals surface area (Å²) in [6.45, 7) is 4.52. The van der Waals surface area contributed by atoms with E-state index in [1.54, 1.807) is 6.07 Å². The van der Waals surface area contributed by atoms with Gasteiger partial charge in [-0.05, 0) is 63.0 Å². The third kappa shape index (κ3) is 3.35. The van der Waals surface area contributed by atoms with Gasteiger partial charge in [-0.15, -0.1) is 0 Å². The number of fused-ring (bicyclic) bond motifs is 3. The average Bonchev–Trinajstić information content (AvgIpc) is 3.13. The van der Waals surface area contributed by atoms with E-state index < -0.39 is 0 Å². The first kappa shape index (κ1) is 17.1. The quantitative estimate of drug-likeness (QED) is 0.893. The van der Waals surface area contributed by atoms with Crippen LogP contribution in [0.25, 0.3) is 0 Å². The lowest BCUT2D eigenvalue weighted by molar-refractivity contribution is 0.0217. The molecular weight excluding hydrogens is 348 g/mol. The molecule has 5 rings (SSSR count). The highest BCUT2D eigenvalue weighted by molar-refractivity contribution is 7.99. The first-order chi connectivity index (χ1) is 12.6. The molecule has 3 fully saturated rings. The molecular formula is C19H20N4O2S. The Morgan fingerprint density at radius 3 is 2.69 bits per heavy atom. The van der Waals surface area contributed by atoms with Crippen LogP contribution in [0.5, 0.6) is 0 Å². The molecule has 7 heteroatoms. The van der Waals surface area contributed by atoms with Gasteiger partial charge in [0.05, 0.1) is 0 Å². The van der Waals surface area contributed by atoms with Crippen molar-refractivity contribution >= 4 is 17.7 Å². The van der Waals surface area contributed by atoms with Crippen molar-refractivity contribution in [1.82, 2.24) is 15.4 Å². The van der Waals surface area contributed by atoms with Gasteiger partial charge in [0.2, 0.25) is 5.76 Å². The Bertz CT molecular complexity index is 832. The molecule has 1 N–H and O–H groups in total. The summed E-state index contributed by atoms with van der Waals surface area (Å²) < 4.78 is 4.87. The standard InChI is InChI=1S/C19H20N4O2S/c1-12-18(13-6-8-23(12)9-7-13)21-19(24)14-2-4-16(5-3-14)26-17-10-15(11-20)25-22-17/h2-5,10,12-13,18H,6-9H2,1H3,(H,21,24)/t12-,18-/m0/s1. The molecule has 0 unspecified atom stereocenters. The number of piperidine rings is 3. The summed E-state index contributed by atoms with van der Waals surface area (Å²) in [7, 11) is 0. The maximum atomic E-state index is 12.6. The van der Waals surface area contributed by atoms with Crippen LogP contribution in [0.2, 0.25) is 0 Å². The molecule has 0 aliphatic carbocycles. The van der Waals surface area contributed by atoms with E-state index in [4.69, 9.17) is 9.78 Å². The van der Waals surface area contributed by atoms with Crippen molar-refractivity contribution in [3.8, 4) is 6.07 Å². The first-order valence-electron chi connectivity index (χ1n) is 8.83. The zero-order chi connectivity index (χ0) is 18.1. The number of rotatable bonds is 4. The summed E-state index contributed by atoms with van der Waals surface area (Å²) >= 11 is 1.40. The van der Waals surface area contributed by atoms with Crippen LogP contribution in [0.1, 0.15) is 35.9 Å². The monoisotopic (exact) mass is 368 g/mol. The SMILES string of the molecule is C[C@H]1[C@H](NC(=O)c2ccc(Sc3cc(C#N)on3)cc2)C2CCN1CC2. The lowest BCUT2D eigenvalue weighted by Gasteiger charge is -2.49.